The Kier molecular flexibility index (Phi) is 3.64. The molecule has 1 aliphatic heterocycles. The molecule has 0 saturated carbocycles. The zero-order chi connectivity index (χ0) is 13.1. The van der Waals surface area contributed by atoms with Crippen molar-refractivity contribution >= 4 is 11.7 Å². The Labute approximate surface area is 107 Å². The quantitative estimate of drug-likeness (QED) is 0.356. The van der Waals surface area contributed by atoms with Gasteiger partial charge in [0.15, 0.2) is 17.3 Å². The monoisotopic (exact) mass is 249 g/mol. The third-order valence-electron chi connectivity index (χ3n) is 3.42. The Hall–Kier alpha value is -1.85. The van der Waals surface area contributed by atoms with Gasteiger partial charge in [-0.15, -0.1) is 0 Å². The zero-order valence-corrected chi connectivity index (χ0v) is 10.7. The van der Waals surface area contributed by atoms with Gasteiger partial charge < -0.3 is 15.8 Å². The van der Waals surface area contributed by atoms with Crippen molar-refractivity contribution < 1.29 is 5.21 Å². The summed E-state index contributed by atoms with van der Waals surface area (Å²) in [6.07, 6.45) is 5.52. The summed E-state index contributed by atoms with van der Waals surface area (Å²) in [5, 5.41) is 11.8. The van der Waals surface area contributed by atoms with E-state index in [1.807, 2.05) is 0 Å². The van der Waals surface area contributed by atoms with Crippen molar-refractivity contribution in [3.05, 3.63) is 18.1 Å². The first-order valence-electron chi connectivity index (χ1n) is 6.19. The number of oxime groups is 1. The van der Waals surface area contributed by atoms with E-state index in [2.05, 4.69) is 33.9 Å². The van der Waals surface area contributed by atoms with Gasteiger partial charge in [-0.3, -0.25) is 0 Å². The first kappa shape index (κ1) is 12.6. The Balaban J connectivity index is 2.37. The second kappa shape index (κ2) is 5.20. The topological polar surface area (TPSA) is 87.6 Å². The van der Waals surface area contributed by atoms with E-state index in [1.54, 1.807) is 12.4 Å². The number of nitrogens with zero attached hydrogens (tertiary/aromatic N) is 4. The van der Waals surface area contributed by atoms with Crippen molar-refractivity contribution in [1.29, 1.82) is 0 Å². The van der Waals surface area contributed by atoms with Crippen molar-refractivity contribution in [2.45, 2.75) is 32.7 Å². The van der Waals surface area contributed by atoms with Crippen LogP contribution in [-0.4, -0.2) is 33.6 Å². The van der Waals surface area contributed by atoms with Gasteiger partial charge in [-0.05, 0) is 25.7 Å². The van der Waals surface area contributed by atoms with Crippen LogP contribution in [0.5, 0.6) is 0 Å². The molecular formula is C12H19N5O. The van der Waals surface area contributed by atoms with Crippen molar-refractivity contribution in [2.24, 2.45) is 16.8 Å². The smallest absolute Gasteiger partial charge is 0.192 e. The number of anilines is 1. The van der Waals surface area contributed by atoms with Gasteiger partial charge in [-0.25, -0.2) is 9.97 Å². The molecule has 1 aliphatic rings. The zero-order valence-electron chi connectivity index (χ0n) is 10.7. The summed E-state index contributed by atoms with van der Waals surface area (Å²) in [4.78, 5) is 10.7. The minimum atomic E-state index is 0.00327. The van der Waals surface area contributed by atoms with Crippen LogP contribution in [0.25, 0.3) is 0 Å². The lowest BCUT2D eigenvalue weighted by molar-refractivity contribution is 0.318. The average Bonchev–Trinajstić information content (AvgIpc) is 2.40. The highest BCUT2D eigenvalue weighted by Crippen LogP contribution is 2.27. The number of piperidine rings is 1. The molecule has 1 fully saturated rings. The Bertz CT molecular complexity index is 448. The van der Waals surface area contributed by atoms with E-state index in [9.17, 15) is 0 Å². The van der Waals surface area contributed by atoms with E-state index < -0.39 is 0 Å². The van der Waals surface area contributed by atoms with Crippen LogP contribution in [0.4, 0.5) is 5.82 Å². The summed E-state index contributed by atoms with van der Waals surface area (Å²) in [7, 11) is 0. The van der Waals surface area contributed by atoms with Gasteiger partial charge in [0.1, 0.15) is 0 Å². The molecule has 0 radical (unpaired) electrons. The highest BCUT2D eigenvalue weighted by molar-refractivity contribution is 5.99. The van der Waals surface area contributed by atoms with E-state index >= 15 is 0 Å². The number of hydrogen-bond acceptors (Lipinski definition) is 5. The molecule has 0 bridgehead atoms. The lowest BCUT2D eigenvalue weighted by atomic mass is 9.95. The highest BCUT2D eigenvalue weighted by atomic mass is 16.4. The van der Waals surface area contributed by atoms with Crippen LogP contribution in [0.2, 0.25) is 0 Å². The maximum absolute atomic E-state index is 8.81. The fraction of sp³-hybridized carbons (Fsp3) is 0.583. The number of amidine groups is 1. The van der Waals surface area contributed by atoms with E-state index in [4.69, 9.17) is 10.9 Å². The summed E-state index contributed by atoms with van der Waals surface area (Å²) < 4.78 is 0. The average molecular weight is 249 g/mol. The minimum absolute atomic E-state index is 0.00327. The number of hydrogen-bond donors (Lipinski definition) is 2. The van der Waals surface area contributed by atoms with Gasteiger partial charge in [-0.1, -0.05) is 12.1 Å². The SMILES string of the molecule is CC1CCC(C)N(c2nccnc2C(N)=NO)C1. The molecule has 1 aromatic heterocycles. The van der Waals surface area contributed by atoms with Gasteiger partial charge in [0.05, 0.1) is 0 Å². The van der Waals surface area contributed by atoms with Crippen LogP contribution < -0.4 is 10.6 Å². The number of rotatable bonds is 2. The predicted molar refractivity (Wildman–Crippen MR) is 69.7 cm³/mol. The van der Waals surface area contributed by atoms with Gasteiger partial charge in [-0.2, -0.15) is 0 Å². The van der Waals surface area contributed by atoms with Crippen LogP contribution in [0.1, 0.15) is 32.4 Å². The van der Waals surface area contributed by atoms with Crippen molar-refractivity contribution in [3.8, 4) is 0 Å². The number of nitrogens with two attached hydrogens (primary N) is 1. The third kappa shape index (κ3) is 2.37. The summed E-state index contributed by atoms with van der Waals surface area (Å²) in [6.45, 7) is 5.31. The lowest BCUT2D eigenvalue weighted by Crippen LogP contribution is -2.42. The van der Waals surface area contributed by atoms with Crippen LogP contribution in [0.15, 0.2) is 17.5 Å². The molecule has 0 aromatic carbocycles. The normalized spacial score (nSPS) is 25.2. The minimum Gasteiger partial charge on any atom is -0.409 e. The molecule has 2 rings (SSSR count). The lowest BCUT2D eigenvalue weighted by Gasteiger charge is -2.38. The first-order chi connectivity index (χ1) is 8.63. The summed E-state index contributed by atoms with van der Waals surface area (Å²) in [5.41, 5.74) is 6.10. The maximum Gasteiger partial charge on any atom is 0.192 e. The van der Waals surface area contributed by atoms with Crippen LogP contribution >= 0.6 is 0 Å². The van der Waals surface area contributed by atoms with Crippen molar-refractivity contribution in [3.63, 3.8) is 0 Å². The molecule has 18 heavy (non-hydrogen) atoms. The van der Waals surface area contributed by atoms with Crippen LogP contribution in [0, 0.1) is 5.92 Å². The second-order valence-electron chi connectivity index (χ2n) is 4.90. The first-order valence-corrected chi connectivity index (χ1v) is 6.19. The summed E-state index contributed by atoms with van der Waals surface area (Å²) >= 11 is 0. The fourth-order valence-electron chi connectivity index (χ4n) is 2.35. The molecule has 1 saturated heterocycles. The summed E-state index contributed by atoms with van der Waals surface area (Å²) in [5.74, 6) is 1.32. The molecule has 0 spiro atoms. The Morgan fingerprint density at radius 2 is 2.11 bits per heavy atom. The molecule has 6 nitrogen and oxygen atoms in total. The van der Waals surface area contributed by atoms with E-state index in [1.165, 1.54) is 6.42 Å². The molecule has 0 amide bonds. The molecule has 1 aromatic rings. The molecule has 6 heteroatoms. The fourth-order valence-corrected chi connectivity index (χ4v) is 2.35. The molecule has 2 unspecified atom stereocenters. The van der Waals surface area contributed by atoms with Gasteiger partial charge >= 0.3 is 0 Å². The van der Waals surface area contributed by atoms with Crippen molar-refractivity contribution in [2.75, 3.05) is 11.4 Å². The van der Waals surface area contributed by atoms with Gasteiger partial charge in [0.2, 0.25) is 0 Å². The maximum atomic E-state index is 8.81. The predicted octanol–water partition coefficient (Wildman–Crippen LogP) is 1.20. The molecule has 98 valence electrons. The van der Waals surface area contributed by atoms with Gasteiger partial charge in [0.25, 0.3) is 0 Å². The Morgan fingerprint density at radius 1 is 1.39 bits per heavy atom. The van der Waals surface area contributed by atoms with E-state index in [0.29, 0.717) is 23.5 Å². The van der Waals surface area contributed by atoms with Crippen molar-refractivity contribution in [1.82, 2.24) is 9.97 Å². The molecule has 3 N–H and O–H groups in total. The van der Waals surface area contributed by atoms with Crippen LogP contribution in [0.3, 0.4) is 0 Å². The Morgan fingerprint density at radius 3 is 2.83 bits per heavy atom. The van der Waals surface area contributed by atoms with Gasteiger partial charge in [0, 0.05) is 25.0 Å². The highest BCUT2D eigenvalue weighted by Gasteiger charge is 2.27. The largest absolute Gasteiger partial charge is 0.409 e. The standard InChI is InChI=1S/C12H19N5O/c1-8-3-4-9(2)17(7-8)12-10(11(13)16-18)14-5-6-15-12/h5-6,8-9,18H,3-4,7H2,1-2H3,(H2,13,16). The molecule has 2 heterocycles. The van der Waals surface area contributed by atoms with Crippen LogP contribution in [-0.2, 0) is 0 Å². The van der Waals surface area contributed by atoms with E-state index in [0.717, 1.165) is 13.0 Å². The molecule has 2 atom stereocenters. The molecular weight excluding hydrogens is 230 g/mol. The third-order valence-corrected chi connectivity index (χ3v) is 3.42. The second-order valence-corrected chi connectivity index (χ2v) is 4.90. The number of aromatic nitrogens is 2. The summed E-state index contributed by atoms with van der Waals surface area (Å²) in [6, 6.07) is 0.392. The molecule has 0 aliphatic carbocycles. The van der Waals surface area contributed by atoms with E-state index in [-0.39, 0.29) is 5.84 Å².